The van der Waals surface area contributed by atoms with Gasteiger partial charge in [0.05, 0.1) is 12.4 Å². The molecule has 30 heavy (non-hydrogen) atoms. The van der Waals surface area contributed by atoms with Crippen molar-refractivity contribution in [2.45, 2.75) is 38.4 Å². The highest BCUT2D eigenvalue weighted by molar-refractivity contribution is 6.30. The van der Waals surface area contributed by atoms with E-state index in [1.165, 1.54) is 10.9 Å². The molecule has 1 amide bonds. The molecule has 4 aromatic rings. The second kappa shape index (κ2) is 7.29. The highest BCUT2D eigenvalue weighted by Gasteiger charge is 2.36. The molecular weight excluding hydrogens is 402 g/mol. The normalized spacial score (nSPS) is 14.9. The second-order valence-electron chi connectivity index (χ2n) is 7.71. The topological polar surface area (TPSA) is 68.3 Å². The van der Waals surface area contributed by atoms with Crippen molar-refractivity contribution in [1.82, 2.24) is 14.5 Å². The summed E-state index contributed by atoms with van der Waals surface area (Å²) >= 11 is 6.00. The Morgan fingerprint density at radius 2 is 1.97 bits per heavy atom. The minimum atomic E-state index is -0.348. The number of halogens is 1. The molecule has 0 saturated heterocycles. The van der Waals surface area contributed by atoms with Crippen LogP contribution >= 0.6 is 11.6 Å². The summed E-state index contributed by atoms with van der Waals surface area (Å²) in [5.74, 6) is -0.112. The minimum absolute atomic E-state index is 0.0761. The fraction of sp³-hybridized carbons (Fsp3) is 0.261. The van der Waals surface area contributed by atoms with E-state index < -0.39 is 0 Å². The third-order valence-corrected chi connectivity index (χ3v) is 5.91. The first-order chi connectivity index (χ1) is 14.5. The van der Waals surface area contributed by atoms with Gasteiger partial charge in [-0.05, 0) is 49.6 Å². The van der Waals surface area contributed by atoms with Crippen molar-refractivity contribution in [2.24, 2.45) is 0 Å². The van der Waals surface area contributed by atoms with Gasteiger partial charge in [-0.2, -0.15) is 0 Å². The second-order valence-corrected chi connectivity index (χ2v) is 8.15. The Morgan fingerprint density at radius 3 is 2.70 bits per heavy atom. The van der Waals surface area contributed by atoms with Crippen LogP contribution < -0.4 is 5.56 Å². The van der Waals surface area contributed by atoms with Crippen molar-refractivity contribution >= 4 is 39.6 Å². The molecule has 7 heteroatoms. The van der Waals surface area contributed by atoms with Crippen molar-refractivity contribution in [3.05, 3.63) is 75.8 Å². The molecule has 1 aliphatic carbocycles. The van der Waals surface area contributed by atoms with E-state index in [9.17, 15) is 9.59 Å². The molecule has 1 aliphatic rings. The van der Waals surface area contributed by atoms with Crippen LogP contribution in [-0.4, -0.2) is 26.4 Å². The predicted octanol–water partition coefficient (Wildman–Crippen LogP) is 4.55. The summed E-state index contributed by atoms with van der Waals surface area (Å²) in [4.78, 5) is 32.5. The fourth-order valence-electron chi connectivity index (χ4n) is 3.95. The van der Waals surface area contributed by atoms with Crippen LogP contribution in [0.1, 0.15) is 31.4 Å². The summed E-state index contributed by atoms with van der Waals surface area (Å²) in [6.45, 7) is 1.93. The Hall–Kier alpha value is -3.12. The van der Waals surface area contributed by atoms with Crippen LogP contribution in [0, 0.1) is 0 Å². The van der Waals surface area contributed by atoms with Crippen LogP contribution in [0.5, 0.6) is 0 Å². The Bertz CT molecular complexity index is 1310. The first-order valence-corrected chi connectivity index (χ1v) is 10.3. The maximum atomic E-state index is 13.2. The highest BCUT2D eigenvalue weighted by atomic mass is 35.5. The molecule has 2 aromatic carbocycles. The molecule has 152 valence electrons. The summed E-state index contributed by atoms with van der Waals surface area (Å²) in [6.07, 6.45) is 3.38. The van der Waals surface area contributed by atoms with Gasteiger partial charge < -0.3 is 9.32 Å². The smallest absolute Gasteiger partial charge is 0.297 e. The zero-order valence-corrected chi connectivity index (χ0v) is 17.2. The average molecular weight is 422 g/mol. The zero-order chi connectivity index (χ0) is 20.8. The first-order valence-electron chi connectivity index (χ1n) is 9.96. The molecule has 0 aliphatic heterocycles. The van der Waals surface area contributed by atoms with E-state index in [-0.39, 0.29) is 35.7 Å². The summed E-state index contributed by atoms with van der Waals surface area (Å²) in [7, 11) is 0. The van der Waals surface area contributed by atoms with Crippen LogP contribution in [0.2, 0.25) is 5.02 Å². The number of benzene rings is 2. The number of carbonyl (C=O) groups is 1. The number of amides is 1. The Morgan fingerprint density at radius 1 is 1.23 bits per heavy atom. The summed E-state index contributed by atoms with van der Waals surface area (Å²) < 4.78 is 7.05. The molecule has 5 rings (SSSR count). The molecule has 6 nitrogen and oxygen atoms in total. The molecule has 1 unspecified atom stereocenters. The number of rotatable bonds is 5. The lowest BCUT2D eigenvalue weighted by atomic mass is 10.1. The van der Waals surface area contributed by atoms with Gasteiger partial charge >= 0.3 is 0 Å². The molecule has 1 atom stereocenters. The van der Waals surface area contributed by atoms with E-state index >= 15 is 0 Å². The number of fused-ring (bicyclic) bond motifs is 3. The van der Waals surface area contributed by atoms with E-state index in [1.54, 1.807) is 6.07 Å². The molecular formula is C23H20ClN3O3. The number of hydrogen-bond donors (Lipinski definition) is 0. The van der Waals surface area contributed by atoms with E-state index in [4.69, 9.17) is 16.0 Å². The molecule has 0 bridgehead atoms. The Labute approximate surface area is 177 Å². The van der Waals surface area contributed by atoms with Crippen LogP contribution in [0.25, 0.3) is 22.1 Å². The molecule has 2 heterocycles. The van der Waals surface area contributed by atoms with Gasteiger partial charge in [0, 0.05) is 16.5 Å². The van der Waals surface area contributed by atoms with E-state index in [0.29, 0.717) is 16.1 Å². The monoisotopic (exact) mass is 421 g/mol. The SMILES string of the molecule is CC(c1ccc(Cl)cc1)N(C(=O)Cn1cnc2c(oc3ccccc32)c1=O)C1CC1. The number of carbonyl (C=O) groups excluding carboxylic acids is 1. The van der Waals surface area contributed by atoms with Crippen LogP contribution in [-0.2, 0) is 11.3 Å². The molecule has 1 saturated carbocycles. The predicted molar refractivity (Wildman–Crippen MR) is 116 cm³/mol. The quantitative estimate of drug-likeness (QED) is 0.474. The van der Waals surface area contributed by atoms with Gasteiger partial charge in [-0.15, -0.1) is 0 Å². The van der Waals surface area contributed by atoms with Crippen molar-refractivity contribution in [3.8, 4) is 0 Å². The third-order valence-electron chi connectivity index (χ3n) is 5.65. The largest absolute Gasteiger partial charge is 0.448 e. The lowest BCUT2D eigenvalue weighted by Gasteiger charge is -2.30. The number of para-hydroxylation sites is 1. The number of furan rings is 1. The van der Waals surface area contributed by atoms with Crippen molar-refractivity contribution in [2.75, 3.05) is 0 Å². The standard InChI is InChI=1S/C23H20ClN3O3/c1-14(15-6-8-16(24)9-7-15)27(17-10-11-17)20(28)12-26-13-25-21-18-4-2-3-5-19(18)30-22(21)23(26)29/h2-9,13-14,17H,10-12H2,1H3. The maximum Gasteiger partial charge on any atom is 0.297 e. The van der Waals surface area contributed by atoms with Gasteiger partial charge in [0.25, 0.3) is 5.56 Å². The summed E-state index contributed by atoms with van der Waals surface area (Å²) in [5, 5.41) is 1.45. The van der Waals surface area contributed by atoms with E-state index in [1.807, 2.05) is 54.3 Å². The molecule has 0 radical (unpaired) electrons. The molecule has 0 spiro atoms. The number of aromatic nitrogens is 2. The van der Waals surface area contributed by atoms with Gasteiger partial charge in [0.1, 0.15) is 17.6 Å². The zero-order valence-electron chi connectivity index (χ0n) is 16.4. The Kier molecular flexibility index (Phi) is 4.59. The number of hydrogen-bond acceptors (Lipinski definition) is 4. The van der Waals surface area contributed by atoms with Crippen molar-refractivity contribution in [1.29, 1.82) is 0 Å². The van der Waals surface area contributed by atoms with Gasteiger partial charge in [-0.3, -0.25) is 14.2 Å². The van der Waals surface area contributed by atoms with Gasteiger partial charge in [-0.1, -0.05) is 35.9 Å². The lowest BCUT2D eigenvalue weighted by Crippen LogP contribution is -2.39. The summed E-state index contributed by atoms with van der Waals surface area (Å²) in [6, 6.07) is 15.0. The minimum Gasteiger partial charge on any atom is -0.448 e. The molecule has 2 aromatic heterocycles. The molecule has 0 N–H and O–H groups in total. The van der Waals surface area contributed by atoms with E-state index in [2.05, 4.69) is 4.98 Å². The highest BCUT2D eigenvalue weighted by Crippen LogP contribution is 2.35. The summed E-state index contributed by atoms with van der Waals surface area (Å²) in [5.41, 5.74) is 1.97. The van der Waals surface area contributed by atoms with Gasteiger partial charge in [0.2, 0.25) is 11.5 Å². The van der Waals surface area contributed by atoms with Gasteiger partial charge in [0.15, 0.2) is 0 Å². The fourth-order valence-corrected chi connectivity index (χ4v) is 4.07. The van der Waals surface area contributed by atoms with Crippen molar-refractivity contribution < 1.29 is 9.21 Å². The van der Waals surface area contributed by atoms with Crippen molar-refractivity contribution in [3.63, 3.8) is 0 Å². The van der Waals surface area contributed by atoms with Crippen LogP contribution in [0.4, 0.5) is 0 Å². The van der Waals surface area contributed by atoms with Crippen LogP contribution in [0.3, 0.4) is 0 Å². The lowest BCUT2D eigenvalue weighted by molar-refractivity contribution is -0.134. The number of nitrogens with zero attached hydrogens (tertiary/aromatic N) is 3. The van der Waals surface area contributed by atoms with E-state index in [0.717, 1.165) is 23.8 Å². The van der Waals surface area contributed by atoms with Crippen LogP contribution in [0.15, 0.2) is 64.1 Å². The average Bonchev–Trinajstić information content (AvgIpc) is 3.50. The van der Waals surface area contributed by atoms with Gasteiger partial charge in [-0.25, -0.2) is 4.98 Å². The maximum absolute atomic E-state index is 13.2. The third kappa shape index (κ3) is 3.27. The first kappa shape index (κ1) is 18.9. The molecule has 1 fully saturated rings. The Balaban J connectivity index is 1.46.